The number of benzene rings is 1. The van der Waals surface area contributed by atoms with Crippen LogP contribution in [0.3, 0.4) is 0 Å². The Balaban J connectivity index is 1.58. The molecule has 33 heavy (non-hydrogen) atoms. The number of carbonyl (C=O) groups excluding carboxylic acids is 2. The fourth-order valence-electron chi connectivity index (χ4n) is 4.45. The smallest absolute Gasteiger partial charge is 0.282 e. The monoisotopic (exact) mass is 483 g/mol. The first-order valence-corrected chi connectivity index (χ1v) is 12.9. The van der Waals surface area contributed by atoms with Gasteiger partial charge < -0.3 is 10.6 Å². The standard InChI is InChI=1S/C22H34FN5O4S/c1-25(19-5-3-2-4-6-19)33(31,32)27-15-13-26(14-16-27)17-22(30)28(12-11-21(24)29)20-9-7-18(23)8-10-20/h7-10,19H,2-6,11-17H2,1H3,(H2,24,29). The van der Waals surface area contributed by atoms with Crippen molar-refractivity contribution in [1.82, 2.24) is 13.5 Å². The van der Waals surface area contributed by atoms with E-state index in [1.165, 1.54) is 37.8 Å². The van der Waals surface area contributed by atoms with E-state index in [2.05, 4.69) is 0 Å². The quantitative estimate of drug-likeness (QED) is 0.567. The Morgan fingerprint density at radius 3 is 2.24 bits per heavy atom. The van der Waals surface area contributed by atoms with Crippen LogP contribution in [0.15, 0.2) is 24.3 Å². The van der Waals surface area contributed by atoms with Gasteiger partial charge in [0.1, 0.15) is 5.82 Å². The van der Waals surface area contributed by atoms with E-state index >= 15 is 0 Å². The van der Waals surface area contributed by atoms with Gasteiger partial charge in [-0.05, 0) is 37.1 Å². The number of amides is 2. The lowest BCUT2D eigenvalue weighted by Gasteiger charge is -2.38. The summed E-state index contributed by atoms with van der Waals surface area (Å²) in [6, 6.07) is 5.54. The molecule has 9 nitrogen and oxygen atoms in total. The molecular weight excluding hydrogens is 449 g/mol. The second-order valence-corrected chi connectivity index (χ2v) is 10.7. The van der Waals surface area contributed by atoms with E-state index in [9.17, 15) is 22.4 Å². The minimum absolute atomic E-state index is 0.0113. The van der Waals surface area contributed by atoms with Crippen molar-refractivity contribution in [2.24, 2.45) is 5.73 Å². The molecule has 184 valence electrons. The Hall–Kier alpha value is -2.08. The van der Waals surface area contributed by atoms with Crippen LogP contribution in [0.2, 0.25) is 0 Å². The number of carbonyl (C=O) groups is 2. The van der Waals surface area contributed by atoms with Gasteiger partial charge in [0.2, 0.25) is 11.8 Å². The first-order chi connectivity index (χ1) is 15.7. The third-order valence-corrected chi connectivity index (χ3v) is 8.53. The molecule has 2 fully saturated rings. The number of hydrogen-bond donors (Lipinski definition) is 1. The fourth-order valence-corrected chi connectivity index (χ4v) is 6.03. The largest absolute Gasteiger partial charge is 0.370 e. The molecule has 1 saturated heterocycles. The number of halogens is 1. The van der Waals surface area contributed by atoms with Crippen LogP contribution in [-0.4, -0.2) is 86.1 Å². The van der Waals surface area contributed by atoms with E-state index in [1.54, 1.807) is 7.05 Å². The normalized spacial score (nSPS) is 19.0. The lowest BCUT2D eigenvalue weighted by Crippen LogP contribution is -2.55. The van der Waals surface area contributed by atoms with E-state index in [0.717, 1.165) is 32.1 Å². The second kappa shape index (κ2) is 11.4. The summed E-state index contributed by atoms with van der Waals surface area (Å²) in [5.74, 6) is -1.20. The van der Waals surface area contributed by atoms with Gasteiger partial charge in [-0.2, -0.15) is 17.0 Å². The zero-order chi connectivity index (χ0) is 24.0. The van der Waals surface area contributed by atoms with Crippen molar-refractivity contribution in [3.63, 3.8) is 0 Å². The molecule has 1 saturated carbocycles. The molecule has 1 heterocycles. The van der Waals surface area contributed by atoms with Gasteiger partial charge in [0.25, 0.3) is 10.2 Å². The molecule has 0 spiro atoms. The lowest BCUT2D eigenvalue weighted by molar-refractivity contribution is -0.120. The van der Waals surface area contributed by atoms with Crippen molar-refractivity contribution in [1.29, 1.82) is 0 Å². The molecule has 0 unspecified atom stereocenters. The first-order valence-electron chi connectivity index (χ1n) is 11.5. The molecule has 0 bridgehead atoms. The van der Waals surface area contributed by atoms with Crippen LogP contribution >= 0.6 is 0 Å². The van der Waals surface area contributed by atoms with Gasteiger partial charge in [0.05, 0.1) is 6.54 Å². The maximum atomic E-state index is 13.3. The van der Waals surface area contributed by atoms with Crippen LogP contribution in [0.5, 0.6) is 0 Å². The highest BCUT2D eigenvalue weighted by Crippen LogP contribution is 2.25. The Morgan fingerprint density at radius 2 is 1.67 bits per heavy atom. The summed E-state index contributed by atoms with van der Waals surface area (Å²) < 4.78 is 42.5. The van der Waals surface area contributed by atoms with Crippen molar-refractivity contribution < 1.29 is 22.4 Å². The predicted octanol–water partition coefficient (Wildman–Crippen LogP) is 1.16. The summed E-state index contributed by atoms with van der Waals surface area (Å²) in [4.78, 5) is 27.6. The topological polar surface area (TPSA) is 107 Å². The van der Waals surface area contributed by atoms with E-state index in [-0.39, 0.29) is 31.5 Å². The minimum atomic E-state index is -3.54. The summed E-state index contributed by atoms with van der Waals surface area (Å²) in [7, 11) is -1.87. The molecule has 1 aromatic carbocycles. The van der Waals surface area contributed by atoms with E-state index in [1.807, 2.05) is 4.90 Å². The first kappa shape index (κ1) is 25.5. The maximum Gasteiger partial charge on any atom is 0.282 e. The number of piperazine rings is 1. The van der Waals surface area contributed by atoms with E-state index in [0.29, 0.717) is 31.9 Å². The van der Waals surface area contributed by atoms with Crippen LogP contribution in [0.4, 0.5) is 10.1 Å². The van der Waals surface area contributed by atoms with Crippen molar-refractivity contribution in [3.05, 3.63) is 30.1 Å². The van der Waals surface area contributed by atoms with Crippen LogP contribution < -0.4 is 10.6 Å². The number of anilines is 1. The van der Waals surface area contributed by atoms with Crippen molar-refractivity contribution in [2.45, 2.75) is 44.6 Å². The Labute approximate surface area is 195 Å². The predicted molar refractivity (Wildman–Crippen MR) is 124 cm³/mol. The number of nitrogens with zero attached hydrogens (tertiary/aromatic N) is 4. The zero-order valence-corrected chi connectivity index (χ0v) is 20.0. The molecule has 1 aliphatic heterocycles. The van der Waals surface area contributed by atoms with Gasteiger partial charge in [-0.3, -0.25) is 14.5 Å². The average molecular weight is 484 g/mol. The summed E-state index contributed by atoms with van der Waals surface area (Å²) in [6.07, 6.45) is 5.05. The van der Waals surface area contributed by atoms with Gasteiger partial charge >= 0.3 is 0 Å². The molecule has 0 atom stereocenters. The van der Waals surface area contributed by atoms with E-state index < -0.39 is 21.9 Å². The number of rotatable bonds is 9. The Kier molecular flexibility index (Phi) is 8.80. The van der Waals surface area contributed by atoms with Crippen LogP contribution in [0.25, 0.3) is 0 Å². The molecule has 1 aliphatic carbocycles. The summed E-state index contributed by atoms with van der Waals surface area (Å²) in [5.41, 5.74) is 5.73. The van der Waals surface area contributed by atoms with Gasteiger partial charge in [-0.15, -0.1) is 0 Å². The highest BCUT2D eigenvalue weighted by atomic mass is 32.2. The third kappa shape index (κ3) is 6.72. The lowest BCUT2D eigenvalue weighted by atomic mass is 9.96. The molecule has 2 amide bonds. The molecule has 11 heteroatoms. The third-order valence-electron chi connectivity index (χ3n) is 6.49. The van der Waals surface area contributed by atoms with Crippen molar-refractivity contribution in [2.75, 3.05) is 51.2 Å². The molecule has 0 radical (unpaired) electrons. The van der Waals surface area contributed by atoms with E-state index in [4.69, 9.17) is 5.73 Å². The Bertz CT molecular complexity index is 913. The van der Waals surface area contributed by atoms with Gasteiger partial charge in [0, 0.05) is 57.9 Å². The second-order valence-electron chi connectivity index (χ2n) is 8.73. The Morgan fingerprint density at radius 1 is 1.06 bits per heavy atom. The van der Waals surface area contributed by atoms with Crippen molar-refractivity contribution >= 4 is 27.7 Å². The fraction of sp³-hybridized carbons (Fsp3) is 0.636. The van der Waals surface area contributed by atoms with Crippen molar-refractivity contribution in [3.8, 4) is 0 Å². The minimum Gasteiger partial charge on any atom is -0.370 e. The number of primary amides is 1. The molecule has 3 rings (SSSR count). The average Bonchev–Trinajstić information content (AvgIpc) is 2.80. The van der Waals surface area contributed by atoms with Gasteiger partial charge in [0.15, 0.2) is 0 Å². The molecule has 2 aliphatic rings. The summed E-state index contributed by atoms with van der Waals surface area (Å²) in [6.45, 7) is 1.64. The number of hydrogen-bond acceptors (Lipinski definition) is 5. The highest BCUT2D eigenvalue weighted by Gasteiger charge is 2.35. The van der Waals surface area contributed by atoms with Gasteiger partial charge in [-0.25, -0.2) is 4.39 Å². The maximum absolute atomic E-state index is 13.3. The van der Waals surface area contributed by atoms with Crippen LogP contribution in [-0.2, 0) is 19.8 Å². The SMILES string of the molecule is CN(C1CCCCC1)S(=O)(=O)N1CCN(CC(=O)N(CCC(N)=O)c2ccc(F)cc2)CC1. The summed E-state index contributed by atoms with van der Waals surface area (Å²) in [5, 5.41) is 0. The van der Waals surface area contributed by atoms with Crippen LogP contribution in [0, 0.1) is 5.82 Å². The van der Waals surface area contributed by atoms with Crippen LogP contribution in [0.1, 0.15) is 38.5 Å². The highest BCUT2D eigenvalue weighted by molar-refractivity contribution is 7.86. The molecule has 0 aromatic heterocycles. The van der Waals surface area contributed by atoms with Gasteiger partial charge in [-0.1, -0.05) is 19.3 Å². The summed E-state index contributed by atoms with van der Waals surface area (Å²) >= 11 is 0. The zero-order valence-electron chi connectivity index (χ0n) is 19.2. The number of nitrogens with two attached hydrogens (primary N) is 1. The molecule has 2 N–H and O–H groups in total. The molecule has 1 aromatic rings. The molecular formula is C22H34FN5O4S.